The number of benzene rings is 4. The van der Waals surface area contributed by atoms with Gasteiger partial charge in [-0.1, -0.05) is 89.8 Å². The van der Waals surface area contributed by atoms with E-state index in [1.54, 1.807) is 6.20 Å². The van der Waals surface area contributed by atoms with Gasteiger partial charge in [-0.2, -0.15) is 0 Å². The third kappa shape index (κ3) is 6.72. The third-order valence-electron chi connectivity index (χ3n) is 7.68. The van der Waals surface area contributed by atoms with E-state index >= 15 is 0 Å². The smallest absolute Gasteiger partial charge is 0.216 e. The number of furan rings is 1. The van der Waals surface area contributed by atoms with Crippen LogP contribution in [0.25, 0.3) is 55.7 Å². The zero-order valence-electron chi connectivity index (χ0n) is 25.1. The summed E-state index contributed by atoms with van der Waals surface area (Å²) in [7, 11) is 0. The van der Waals surface area contributed by atoms with Crippen LogP contribution in [0, 0.1) is 19.1 Å². The molecule has 0 aliphatic rings. The van der Waals surface area contributed by atoms with Crippen LogP contribution < -0.4 is 0 Å². The summed E-state index contributed by atoms with van der Waals surface area (Å²) in [6.07, 6.45) is 4.48. The van der Waals surface area contributed by atoms with Crippen LogP contribution >= 0.6 is 0 Å². The molecule has 0 saturated heterocycles. The van der Waals surface area contributed by atoms with Gasteiger partial charge < -0.3 is 14.4 Å². The Bertz CT molecular complexity index is 2150. The molecule has 0 unspecified atom stereocenters. The molecule has 8 aromatic rings. The number of nitrogens with zero attached hydrogens (tertiary/aromatic N) is 3. The van der Waals surface area contributed by atoms with Gasteiger partial charge >= 0.3 is 0 Å². The molecule has 4 heterocycles. The van der Waals surface area contributed by atoms with E-state index in [4.69, 9.17) is 14.4 Å². The van der Waals surface area contributed by atoms with Crippen LogP contribution in [0.3, 0.4) is 0 Å². The van der Waals surface area contributed by atoms with Crippen LogP contribution in [0.4, 0.5) is 0 Å². The summed E-state index contributed by atoms with van der Waals surface area (Å²) in [5.41, 5.74) is 10.8. The molecule has 0 bridgehead atoms. The van der Waals surface area contributed by atoms with Crippen molar-refractivity contribution in [3.63, 3.8) is 0 Å². The summed E-state index contributed by atoms with van der Waals surface area (Å²) >= 11 is 0. The predicted octanol–water partition coefficient (Wildman–Crippen LogP) is 9.96. The van der Waals surface area contributed by atoms with Crippen LogP contribution in [0.2, 0.25) is 0 Å². The summed E-state index contributed by atoms with van der Waals surface area (Å²) < 4.78 is 6.31. The van der Waals surface area contributed by atoms with E-state index in [1.165, 1.54) is 11.1 Å². The Hall–Kier alpha value is -5.22. The van der Waals surface area contributed by atoms with E-state index in [-0.39, 0.29) is 20.1 Å². The number of rotatable bonds is 5. The number of hydrogen-bond donors (Lipinski definition) is 0. The monoisotopic (exact) mass is 772 g/mol. The minimum atomic E-state index is 0. The Balaban J connectivity index is 0.000000241. The summed E-state index contributed by atoms with van der Waals surface area (Å²) in [5, 5.41) is 2.04. The van der Waals surface area contributed by atoms with Crippen LogP contribution in [-0.2, 0) is 26.5 Å². The van der Waals surface area contributed by atoms with Gasteiger partial charge in [0.2, 0.25) is 5.71 Å². The SMILES string of the molecule is Cc1cnc(-c2[c-]ccc3c2oc2nc(Cc4ccccc4)ccc23)cc1-c1ccccc1.[Ir].[c-]1ccccc1-c1ccccn1. The Kier molecular flexibility index (Phi) is 9.54. The second-order valence-corrected chi connectivity index (χ2v) is 10.8. The van der Waals surface area contributed by atoms with E-state index in [1.807, 2.05) is 72.9 Å². The van der Waals surface area contributed by atoms with Gasteiger partial charge in [-0.3, -0.25) is 0 Å². The maximum Gasteiger partial charge on any atom is 0.216 e. The molecule has 8 rings (SSSR count). The molecular weight excluding hydrogens is 743 g/mol. The summed E-state index contributed by atoms with van der Waals surface area (Å²) in [6.45, 7) is 2.09. The van der Waals surface area contributed by atoms with Gasteiger partial charge in [0.05, 0.1) is 5.58 Å². The fourth-order valence-corrected chi connectivity index (χ4v) is 5.42. The van der Waals surface area contributed by atoms with Gasteiger partial charge in [-0.15, -0.1) is 54.1 Å². The van der Waals surface area contributed by atoms with E-state index in [0.717, 1.165) is 62.1 Å². The molecule has 4 aromatic carbocycles. The summed E-state index contributed by atoms with van der Waals surface area (Å²) in [4.78, 5) is 13.8. The molecule has 0 fully saturated rings. The zero-order chi connectivity index (χ0) is 30.4. The fourth-order valence-electron chi connectivity index (χ4n) is 5.42. The Morgan fingerprint density at radius 2 is 1.46 bits per heavy atom. The molecule has 46 heavy (non-hydrogen) atoms. The van der Waals surface area contributed by atoms with Crippen molar-refractivity contribution < 1.29 is 24.5 Å². The minimum Gasteiger partial charge on any atom is -0.486 e. The average Bonchev–Trinajstić information content (AvgIpc) is 3.49. The van der Waals surface area contributed by atoms with Crippen LogP contribution in [0.5, 0.6) is 0 Å². The van der Waals surface area contributed by atoms with E-state index in [2.05, 4.69) is 90.8 Å². The van der Waals surface area contributed by atoms with Crippen molar-refractivity contribution in [2.75, 3.05) is 0 Å². The average molecular weight is 772 g/mol. The van der Waals surface area contributed by atoms with Crippen LogP contribution in [0.1, 0.15) is 16.8 Å². The van der Waals surface area contributed by atoms with Gasteiger partial charge in [-0.25, -0.2) is 4.98 Å². The van der Waals surface area contributed by atoms with Gasteiger partial charge in [-0.05, 0) is 58.8 Å². The molecule has 0 atom stereocenters. The van der Waals surface area contributed by atoms with Crippen molar-refractivity contribution in [3.05, 3.63) is 175 Å². The molecule has 4 aromatic heterocycles. The van der Waals surface area contributed by atoms with Crippen molar-refractivity contribution in [2.24, 2.45) is 0 Å². The first-order valence-corrected chi connectivity index (χ1v) is 14.9. The quantitative estimate of drug-likeness (QED) is 0.164. The maximum atomic E-state index is 6.31. The van der Waals surface area contributed by atoms with Gasteiger partial charge in [0.25, 0.3) is 0 Å². The number of hydrogen-bond acceptors (Lipinski definition) is 4. The second-order valence-electron chi connectivity index (χ2n) is 10.8. The molecule has 0 spiro atoms. The molecule has 1 radical (unpaired) electrons. The normalized spacial score (nSPS) is 10.6. The van der Waals surface area contributed by atoms with Crippen molar-refractivity contribution in [1.29, 1.82) is 0 Å². The molecule has 0 amide bonds. The van der Waals surface area contributed by atoms with Crippen LogP contribution in [-0.4, -0.2) is 15.0 Å². The van der Waals surface area contributed by atoms with E-state index in [0.29, 0.717) is 5.71 Å². The largest absolute Gasteiger partial charge is 0.486 e. The third-order valence-corrected chi connectivity index (χ3v) is 7.68. The van der Waals surface area contributed by atoms with Crippen molar-refractivity contribution in [2.45, 2.75) is 13.3 Å². The minimum absolute atomic E-state index is 0. The molecule has 0 N–H and O–H groups in total. The number of aryl methyl sites for hydroxylation is 1. The zero-order valence-corrected chi connectivity index (χ0v) is 27.5. The molecule has 0 saturated carbocycles. The Morgan fingerprint density at radius 3 is 2.22 bits per heavy atom. The topological polar surface area (TPSA) is 51.8 Å². The second kappa shape index (κ2) is 14.3. The van der Waals surface area contributed by atoms with Gasteiger partial charge in [0.15, 0.2) is 0 Å². The Morgan fingerprint density at radius 1 is 0.674 bits per heavy atom. The number of aromatic nitrogens is 3. The van der Waals surface area contributed by atoms with Crippen LogP contribution in [0.15, 0.2) is 150 Å². The first-order valence-electron chi connectivity index (χ1n) is 14.9. The molecule has 4 nitrogen and oxygen atoms in total. The molecule has 225 valence electrons. The van der Waals surface area contributed by atoms with E-state index in [9.17, 15) is 0 Å². The molecule has 5 heteroatoms. The van der Waals surface area contributed by atoms with Gasteiger partial charge in [0.1, 0.15) is 0 Å². The molecule has 0 aliphatic heterocycles. The molecular formula is C41H29IrN3O-2. The van der Waals surface area contributed by atoms with Crippen molar-refractivity contribution in [3.8, 4) is 33.6 Å². The number of pyridine rings is 3. The maximum absolute atomic E-state index is 6.31. The summed E-state index contributed by atoms with van der Waals surface area (Å²) in [5.74, 6) is 0. The first-order chi connectivity index (χ1) is 22.2. The number of fused-ring (bicyclic) bond motifs is 3. The Labute approximate surface area is 282 Å². The van der Waals surface area contributed by atoms with Crippen molar-refractivity contribution in [1.82, 2.24) is 15.0 Å². The molecule has 0 aliphatic carbocycles. The van der Waals surface area contributed by atoms with E-state index < -0.39 is 0 Å². The standard InChI is InChI=1S/C30H21N2O.C11H8N.Ir/c1-20-19-31-28(18-27(20)22-11-6-3-7-12-22)26-14-8-13-24-25-16-15-23(32-30(25)33-29(24)26)17-21-9-4-2-5-10-21;1-2-6-10(7-3-1)11-8-4-5-9-12-11;/h2-13,15-16,18-19H,17H2,1H3;1-6,8-9H;/q2*-1;. The summed E-state index contributed by atoms with van der Waals surface area (Å²) in [6, 6.07) is 51.2. The van der Waals surface area contributed by atoms with Crippen molar-refractivity contribution >= 4 is 22.1 Å². The fraction of sp³-hybridized carbons (Fsp3) is 0.0488. The first kappa shape index (κ1) is 30.8. The predicted molar refractivity (Wildman–Crippen MR) is 182 cm³/mol. The van der Waals surface area contributed by atoms with Gasteiger partial charge in [0, 0.05) is 50.0 Å².